The van der Waals surface area contributed by atoms with E-state index in [1.807, 2.05) is 40.7 Å². The molecule has 1 fully saturated rings. The molecule has 27 heavy (non-hydrogen) atoms. The van der Waals surface area contributed by atoms with E-state index >= 15 is 0 Å². The molecule has 0 spiro atoms. The second-order valence-corrected chi connectivity index (χ2v) is 7.10. The number of hydrogen-bond donors (Lipinski definition) is 0. The number of aryl methyl sites for hydroxylation is 1. The number of carbonyl (C=O) groups is 1. The van der Waals surface area contributed by atoms with Crippen molar-refractivity contribution in [1.29, 1.82) is 0 Å². The summed E-state index contributed by atoms with van der Waals surface area (Å²) in [5.41, 5.74) is 1.00. The Kier molecular flexibility index (Phi) is 6.34. The quantitative estimate of drug-likeness (QED) is 0.730. The molecule has 0 saturated carbocycles. The van der Waals surface area contributed by atoms with Crippen molar-refractivity contribution in [2.75, 3.05) is 33.7 Å². The predicted octanol–water partition coefficient (Wildman–Crippen LogP) is 2.05. The van der Waals surface area contributed by atoms with Gasteiger partial charge in [0.2, 0.25) is 5.91 Å². The van der Waals surface area contributed by atoms with Crippen molar-refractivity contribution >= 4 is 5.91 Å². The van der Waals surface area contributed by atoms with E-state index in [9.17, 15) is 4.79 Å². The molecule has 1 aliphatic rings. The van der Waals surface area contributed by atoms with Gasteiger partial charge in [0.1, 0.15) is 5.82 Å². The summed E-state index contributed by atoms with van der Waals surface area (Å²) in [7, 11) is 3.98. The number of piperidine rings is 1. The largest absolute Gasteiger partial charge is 0.339 e. The van der Waals surface area contributed by atoms with Crippen molar-refractivity contribution in [2.24, 2.45) is 0 Å². The lowest BCUT2D eigenvalue weighted by Crippen LogP contribution is -2.37. The summed E-state index contributed by atoms with van der Waals surface area (Å²) in [5.74, 6) is 2.24. The summed E-state index contributed by atoms with van der Waals surface area (Å²) in [4.78, 5) is 29.9. The summed E-state index contributed by atoms with van der Waals surface area (Å²) in [5, 5.41) is 0. The molecular formula is C20H28N6O. The SMILES string of the molecule is CCc1nccn1-c1nccnc1C1CCN(C(=O)/C=C/CN(C)C)CC1. The molecule has 2 aromatic heterocycles. The molecule has 7 heteroatoms. The van der Waals surface area contributed by atoms with Crippen LogP contribution in [0.5, 0.6) is 0 Å². The zero-order valence-corrected chi connectivity index (χ0v) is 16.4. The standard InChI is InChI=1S/C20H28N6O/c1-4-17-21-11-15-26(17)20-19(22-9-10-23-20)16-7-13-25(14-8-16)18(27)6-5-12-24(2)3/h5-6,9-11,15-16H,4,7-8,12-14H2,1-3H3/b6-5+. The molecule has 144 valence electrons. The average molecular weight is 368 g/mol. The van der Waals surface area contributed by atoms with Crippen LogP contribution in [0, 0.1) is 0 Å². The van der Waals surface area contributed by atoms with E-state index in [2.05, 4.69) is 21.9 Å². The first-order chi connectivity index (χ1) is 13.1. The fourth-order valence-electron chi connectivity index (χ4n) is 3.45. The molecule has 1 amide bonds. The molecule has 7 nitrogen and oxygen atoms in total. The number of nitrogens with zero attached hydrogens (tertiary/aromatic N) is 6. The molecule has 0 atom stereocenters. The molecule has 0 unspecified atom stereocenters. The minimum absolute atomic E-state index is 0.0950. The number of carbonyl (C=O) groups excluding carboxylic acids is 1. The maximum absolute atomic E-state index is 12.3. The maximum atomic E-state index is 12.3. The third-order valence-corrected chi connectivity index (χ3v) is 4.89. The van der Waals surface area contributed by atoms with E-state index in [0.717, 1.165) is 56.2 Å². The zero-order valence-electron chi connectivity index (χ0n) is 16.4. The number of amides is 1. The van der Waals surface area contributed by atoms with Gasteiger partial charge in [-0.1, -0.05) is 13.0 Å². The van der Waals surface area contributed by atoms with Crippen molar-refractivity contribution in [2.45, 2.75) is 32.1 Å². The highest BCUT2D eigenvalue weighted by atomic mass is 16.2. The third-order valence-electron chi connectivity index (χ3n) is 4.89. The molecule has 1 aliphatic heterocycles. The van der Waals surface area contributed by atoms with Gasteiger partial charge in [-0.05, 0) is 26.9 Å². The van der Waals surface area contributed by atoms with Gasteiger partial charge in [-0.3, -0.25) is 14.3 Å². The summed E-state index contributed by atoms with van der Waals surface area (Å²) in [6.07, 6.45) is 13.5. The van der Waals surface area contributed by atoms with Crippen LogP contribution in [0.1, 0.15) is 37.2 Å². The van der Waals surface area contributed by atoms with E-state index in [1.54, 1.807) is 24.7 Å². The fraction of sp³-hybridized carbons (Fsp3) is 0.500. The van der Waals surface area contributed by atoms with Crippen molar-refractivity contribution in [3.05, 3.63) is 48.5 Å². The molecule has 3 rings (SSSR count). The highest BCUT2D eigenvalue weighted by Crippen LogP contribution is 2.30. The van der Waals surface area contributed by atoms with Gasteiger partial charge in [-0.2, -0.15) is 0 Å². The lowest BCUT2D eigenvalue weighted by atomic mass is 9.93. The number of likely N-dealkylation sites (tertiary alicyclic amines) is 1. The Hall–Kier alpha value is -2.54. The monoisotopic (exact) mass is 368 g/mol. The van der Waals surface area contributed by atoms with E-state index in [4.69, 9.17) is 0 Å². The lowest BCUT2D eigenvalue weighted by molar-refractivity contribution is -0.127. The Balaban J connectivity index is 1.69. The van der Waals surface area contributed by atoms with Crippen molar-refractivity contribution < 1.29 is 4.79 Å². The van der Waals surface area contributed by atoms with Crippen LogP contribution >= 0.6 is 0 Å². The average Bonchev–Trinajstić information content (AvgIpc) is 3.16. The van der Waals surface area contributed by atoms with E-state index in [1.165, 1.54) is 0 Å². The van der Waals surface area contributed by atoms with Gasteiger partial charge in [-0.25, -0.2) is 9.97 Å². The Morgan fingerprint density at radius 1 is 1.19 bits per heavy atom. The van der Waals surface area contributed by atoms with E-state index < -0.39 is 0 Å². The molecule has 0 bridgehead atoms. The van der Waals surface area contributed by atoms with Crippen molar-refractivity contribution in [3.63, 3.8) is 0 Å². The molecule has 0 aliphatic carbocycles. The lowest BCUT2D eigenvalue weighted by Gasteiger charge is -2.31. The topological polar surface area (TPSA) is 67.2 Å². The van der Waals surface area contributed by atoms with Crippen LogP contribution in [0.4, 0.5) is 0 Å². The third kappa shape index (κ3) is 4.60. The van der Waals surface area contributed by atoms with Crippen LogP contribution in [0.15, 0.2) is 36.9 Å². The number of rotatable bonds is 6. The first-order valence-electron chi connectivity index (χ1n) is 9.53. The highest BCUT2D eigenvalue weighted by Gasteiger charge is 2.26. The number of likely N-dealkylation sites (N-methyl/N-ethyl adjacent to an activating group) is 1. The van der Waals surface area contributed by atoms with Gasteiger partial charge in [0.05, 0.1) is 5.69 Å². The molecular weight excluding hydrogens is 340 g/mol. The van der Waals surface area contributed by atoms with Gasteiger partial charge >= 0.3 is 0 Å². The first kappa shape index (κ1) is 19.2. The van der Waals surface area contributed by atoms with Gasteiger partial charge in [-0.15, -0.1) is 0 Å². The molecule has 2 aromatic rings. The number of imidazole rings is 1. The molecule has 0 aromatic carbocycles. The Labute approximate surface area is 160 Å². The molecule has 3 heterocycles. The fourth-order valence-corrected chi connectivity index (χ4v) is 3.45. The van der Waals surface area contributed by atoms with Crippen LogP contribution < -0.4 is 0 Å². The summed E-state index contributed by atoms with van der Waals surface area (Å²) in [6, 6.07) is 0. The number of aromatic nitrogens is 4. The van der Waals surface area contributed by atoms with Gasteiger partial charge in [0.25, 0.3) is 0 Å². The van der Waals surface area contributed by atoms with Crippen LogP contribution in [0.3, 0.4) is 0 Å². The molecule has 0 radical (unpaired) electrons. The smallest absolute Gasteiger partial charge is 0.246 e. The van der Waals surface area contributed by atoms with Crippen molar-refractivity contribution in [3.8, 4) is 5.82 Å². The Morgan fingerprint density at radius 3 is 2.63 bits per heavy atom. The second-order valence-electron chi connectivity index (χ2n) is 7.10. The molecule has 1 saturated heterocycles. The van der Waals surface area contributed by atoms with Gasteiger partial charge in [0, 0.05) is 62.8 Å². The zero-order chi connectivity index (χ0) is 19.2. The van der Waals surface area contributed by atoms with Crippen LogP contribution in [-0.2, 0) is 11.2 Å². The van der Waals surface area contributed by atoms with Crippen molar-refractivity contribution in [1.82, 2.24) is 29.3 Å². The van der Waals surface area contributed by atoms with E-state index in [0.29, 0.717) is 5.92 Å². The Bertz CT molecular complexity index is 789. The van der Waals surface area contributed by atoms with Gasteiger partial charge < -0.3 is 9.80 Å². The summed E-state index contributed by atoms with van der Waals surface area (Å²) >= 11 is 0. The minimum Gasteiger partial charge on any atom is -0.339 e. The van der Waals surface area contributed by atoms with Crippen LogP contribution in [0.25, 0.3) is 5.82 Å². The predicted molar refractivity (Wildman–Crippen MR) is 105 cm³/mol. The minimum atomic E-state index is 0.0950. The van der Waals surface area contributed by atoms with E-state index in [-0.39, 0.29) is 5.91 Å². The van der Waals surface area contributed by atoms with Crippen LogP contribution in [0.2, 0.25) is 0 Å². The summed E-state index contributed by atoms with van der Waals surface area (Å²) < 4.78 is 2.03. The first-order valence-corrected chi connectivity index (χ1v) is 9.53. The number of hydrogen-bond acceptors (Lipinski definition) is 5. The maximum Gasteiger partial charge on any atom is 0.246 e. The van der Waals surface area contributed by atoms with Gasteiger partial charge in [0.15, 0.2) is 5.82 Å². The normalized spacial score (nSPS) is 15.8. The second kappa shape index (κ2) is 8.90. The van der Waals surface area contributed by atoms with Crippen LogP contribution in [-0.4, -0.2) is 69.0 Å². The Morgan fingerprint density at radius 2 is 1.93 bits per heavy atom. The highest BCUT2D eigenvalue weighted by molar-refractivity contribution is 5.87. The molecule has 0 N–H and O–H groups in total. The summed E-state index contributed by atoms with van der Waals surface area (Å²) in [6.45, 7) is 4.35.